The van der Waals surface area contributed by atoms with E-state index >= 15 is 0 Å². The van der Waals surface area contributed by atoms with Gasteiger partial charge in [-0.05, 0) is 25.1 Å². The van der Waals surface area contributed by atoms with Crippen LogP contribution in [-0.4, -0.2) is 30.9 Å². The molecule has 130 valence electrons. The number of carbonyl (C=O) groups excluding carboxylic acids is 1. The van der Waals surface area contributed by atoms with Crippen molar-refractivity contribution in [3.05, 3.63) is 60.4 Å². The monoisotopic (exact) mass is 340 g/mol. The third-order valence-corrected chi connectivity index (χ3v) is 3.60. The predicted octanol–water partition coefficient (Wildman–Crippen LogP) is 1.85. The van der Waals surface area contributed by atoms with Gasteiger partial charge in [-0.25, -0.2) is 4.98 Å². The van der Waals surface area contributed by atoms with E-state index in [2.05, 4.69) is 25.6 Å². The van der Waals surface area contributed by atoms with Crippen LogP contribution in [0.3, 0.4) is 0 Å². The summed E-state index contributed by atoms with van der Waals surface area (Å²) in [5.74, 6) is 1.82. The molecule has 2 N–H and O–H groups in total. The number of hydrogen-bond acceptors (Lipinski definition) is 5. The number of ether oxygens (including phenoxy) is 1. The Labute approximate surface area is 145 Å². The summed E-state index contributed by atoms with van der Waals surface area (Å²) in [5, 5.41) is 13.8. The maximum Gasteiger partial charge on any atom is 0.222 e. The number of rotatable bonds is 8. The molecule has 25 heavy (non-hydrogen) atoms. The van der Waals surface area contributed by atoms with E-state index in [1.165, 1.54) is 0 Å². The van der Waals surface area contributed by atoms with Gasteiger partial charge in [0.05, 0.1) is 12.6 Å². The SMILES string of the molecule is CC(CC(=O)NCc1n[nH]c(COc2ccccc2)n1)n1cccn1. The van der Waals surface area contributed by atoms with E-state index < -0.39 is 0 Å². The second kappa shape index (κ2) is 8.09. The van der Waals surface area contributed by atoms with Crippen LogP contribution in [0.1, 0.15) is 31.0 Å². The first-order valence-corrected chi connectivity index (χ1v) is 8.04. The van der Waals surface area contributed by atoms with Crippen LogP contribution in [-0.2, 0) is 17.9 Å². The molecule has 0 aliphatic rings. The maximum atomic E-state index is 12.0. The predicted molar refractivity (Wildman–Crippen MR) is 90.6 cm³/mol. The molecule has 0 aliphatic heterocycles. The molecule has 0 saturated carbocycles. The summed E-state index contributed by atoms with van der Waals surface area (Å²) >= 11 is 0. The highest BCUT2D eigenvalue weighted by atomic mass is 16.5. The Morgan fingerprint density at radius 1 is 1.32 bits per heavy atom. The molecule has 1 atom stereocenters. The number of aromatic amines is 1. The third kappa shape index (κ3) is 4.90. The van der Waals surface area contributed by atoms with Crippen molar-refractivity contribution in [1.82, 2.24) is 30.3 Å². The summed E-state index contributed by atoms with van der Waals surface area (Å²) in [7, 11) is 0. The number of amides is 1. The van der Waals surface area contributed by atoms with Crippen molar-refractivity contribution in [2.45, 2.75) is 32.5 Å². The quantitative estimate of drug-likeness (QED) is 0.652. The highest BCUT2D eigenvalue weighted by molar-refractivity contribution is 5.76. The van der Waals surface area contributed by atoms with E-state index in [-0.39, 0.29) is 18.5 Å². The molecule has 1 aromatic carbocycles. The lowest BCUT2D eigenvalue weighted by Crippen LogP contribution is -2.26. The highest BCUT2D eigenvalue weighted by Gasteiger charge is 2.12. The van der Waals surface area contributed by atoms with Gasteiger partial charge in [-0.3, -0.25) is 14.6 Å². The minimum Gasteiger partial charge on any atom is -0.486 e. The second-order valence-corrected chi connectivity index (χ2v) is 5.62. The number of hydrogen-bond donors (Lipinski definition) is 2. The van der Waals surface area contributed by atoms with Crippen molar-refractivity contribution in [2.24, 2.45) is 0 Å². The van der Waals surface area contributed by atoms with Crippen LogP contribution < -0.4 is 10.1 Å². The maximum absolute atomic E-state index is 12.0. The largest absolute Gasteiger partial charge is 0.486 e. The van der Waals surface area contributed by atoms with Gasteiger partial charge in [0.1, 0.15) is 12.4 Å². The molecule has 1 unspecified atom stereocenters. The Bertz CT molecular complexity index is 785. The lowest BCUT2D eigenvalue weighted by Gasteiger charge is -2.11. The van der Waals surface area contributed by atoms with Crippen LogP contribution in [0.2, 0.25) is 0 Å². The lowest BCUT2D eigenvalue weighted by molar-refractivity contribution is -0.122. The first-order valence-electron chi connectivity index (χ1n) is 8.04. The molecule has 0 bridgehead atoms. The molecule has 0 fully saturated rings. The lowest BCUT2D eigenvalue weighted by atomic mass is 10.2. The number of nitrogens with zero attached hydrogens (tertiary/aromatic N) is 4. The Kier molecular flexibility index (Phi) is 5.40. The Morgan fingerprint density at radius 3 is 2.92 bits per heavy atom. The number of aromatic nitrogens is 5. The van der Waals surface area contributed by atoms with Crippen LogP contribution in [0.5, 0.6) is 5.75 Å². The molecule has 0 spiro atoms. The van der Waals surface area contributed by atoms with Gasteiger partial charge in [-0.1, -0.05) is 18.2 Å². The van der Waals surface area contributed by atoms with Crippen molar-refractivity contribution in [3.63, 3.8) is 0 Å². The van der Waals surface area contributed by atoms with Gasteiger partial charge < -0.3 is 10.1 Å². The fraction of sp³-hybridized carbons (Fsp3) is 0.294. The normalized spacial score (nSPS) is 11.9. The standard InChI is InChI=1S/C17H20N6O2/c1-13(23-9-5-8-19-23)10-17(24)18-11-15-20-16(22-21-15)12-25-14-6-3-2-4-7-14/h2-9,13H,10-12H2,1H3,(H,18,24)(H,20,21,22). The average Bonchev–Trinajstić information content (AvgIpc) is 3.31. The first-order chi connectivity index (χ1) is 12.2. The molecule has 0 radical (unpaired) electrons. The molecule has 2 aromatic heterocycles. The topological polar surface area (TPSA) is 97.7 Å². The zero-order valence-corrected chi connectivity index (χ0v) is 13.9. The Morgan fingerprint density at radius 2 is 2.16 bits per heavy atom. The smallest absolute Gasteiger partial charge is 0.222 e. The number of carbonyl (C=O) groups is 1. The molecule has 1 amide bonds. The van der Waals surface area contributed by atoms with Gasteiger partial charge >= 0.3 is 0 Å². The van der Waals surface area contributed by atoms with E-state index in [1.807, 2.05) is 49.5 Å². The molecule has 8 heteroatoms. The summed E-state index contributed by atoms with van der Waals surface area (Å²) in [5.41, 5.74) is 0. The average molecular weight is 340 g/mol. The minimum absolute atomic E-state index is 0.00280. The van der Waals surface area contributed by atoms with Gasteiger partial charge in [-0.15, -0.1) is 0 Å². The fourth-order valence-electron chi connectivity index (χ4n) is 2.30. The molecule has 0 saturated heterocycles. The first kappa shape index (κ1) is 16.7. The zero-order valence-electron chi connectivity index (χ0n) is 13.9. The number of nitrogens with one attached hydrogen (secondary N) is 2. The zero-order chi connectivity index (χ0) is 17.5. The van der Waals surface area contributed by atoms with E-state index in [9.17, 15) is 4.79 Å². The summed E-state index contributed by atoms with van der Waals surface area (Å²) in [6.45, 7) is 2.51. The van der Waals surface area contributed by atoms with Crippen LogP contribution in [0.25, 0.3) is 0 Å². The second-order valence-electron chi connectivity index (χ2n) is 5.62. The van der Waals surface area contributed by atoms with Crippen molar-refractivity contribution < 1.29 is 9.53 Å². The van der Waals surface area contributed by atoms with Crippen LogP contribution in [0.4, 0.5) is 0 Å². The summed E-state index contributed by atoms with van der Waals surface area (Å²) in [6, 6.07) is 11.3. The van der Waals surface area contributed by atoms with Crippen molar-refractivity contribution in [2.75, 3.05) is 0 Å². The molecule has 3 rings (SSSR count). The number of H-pyrrole nitrogens is 1. The molecule has 0 aliphatic carbocycles. The van der Waals surface area contributed by atoms with Gasteiger partial charge in [0, 0.05) is 18.8 Å². The van der Waals surface area contributed by atoms with E-state index in [0.29, 0.717) is 24.7 Å². The molecular weight excluding hydrogens is 320 g/mol. The van der Waals surface area contributed by atoms with Gasteiger partial charge in [0.15, 0.2) is 11.6 Å². The van der Waals surface area contributed by atoms with Gasteiger partial charge in [0.25, 0.3) is 0 Å². The molecule has 3 aromatic rings. The summed E-state index contributed by atoms with van der Waals surface area (Å²) < 4.78 is 7.35. The number of benzene rings is 1. The van der Waals surface area contributed by atoms with E-state index in [1.54, 1.807) is 10.9 Å². The fourth-order valence-corrected chi connectivity index (χ4v) is 2.30. The third-order valence-electron chi connectivity index (χ3n) is 3.60. The summed E-state index contributed by atoms with van der Waals surface area (Å²) in [4.78, 5) is 16.3. The summed E-state index contributed by atoms with van der Waals surface area (Å²) in [6.07, 6.45) is 3.88. The van der Waals surface area contributed by atoms with Gasteiger partial charge in [-0.2, -0.15) is 10.2 Å². The Hall–Kier alpha value is -3.16. The van der Waals surface area contributed by atoms with Crippen LogP contribution in [0, 0.1) is 0 Å². The van der Waals surface area contributed by atoms with E-state index in [4.69, 9.17) is 4.74 Å². The minimum atomic E-state index is -0.0742. The Balaban J connectivity index is 1.43. The van der Waals surface area contributed by atoms with E-state index in [0.717, 1.165) is 5.75 Å². The van der Waals surface area contributed by atoms with Gasteiger partial charge in [0.2, 0.25) is 5.91 Å². The van der Waals surface area contributed by atoms with Crippen molar-refractivity contribution in [1.29, 1.82) is 0 Å². The highest BCUT2D eigenvalue weighted by Crippen LogP contribution is 2.10. The van der Waals surface area contributed by atoms with Crippen LogP contribution in [0.15, 0.2) is 48.8 Å². The molecule has 2 heterocycles. The molecule has 8 nitrogen and oxygen atoms in total. The molecular formula is C17H20N6O2. The van der Waals surface area contributed by atoms with Crippen molar-refractivity contribution >= 4 is 5.91 Å². The van der Waals surface area contributed by atoms with Crippen molar-refractivity contribution in [3.8, 4) is 5.75 Å². The number of para-hydroxylation sites is 1. The van der Waals surface area contributed by atoms with Crippen LogP contribution >= 0.6 is 0 Å².